The first-order chi connectivity index (χ1) is 9.43. The molecular weight excluding hydrogens is 253 g/mol. The summed E-state index contributed by atoms with van der Waals surface area (Å²) in [7, 11) is 0. The SMILES string of the molecule is CC(C)(C)c1ccc(-c2cn3nc(F)ccc3n2)cc1. The van der Waals surface area contributed by atoms with Gasteiger partial charge < -0.3 is 0 Å². The molecule has 3 rings (SSSR count). The smallest absolute Gasteiger partial charge is 0.227 e. The van der Waals surface area contributed by atoms with Gasteiger partial charge in [-0.15, -0.1) is 5.10 Å². The van der Waals surface area contributed by atoms with Gasteiger partial charge in [0.1, 0.15) is 0 Å². The van der Waals surface area contributed by atoms with E-state index in [4.69, 9.17) is 0 Å². The molecule has 3 aromatic rings. The Morgan fingerprint density at radius 1 is 1.00 bits per heavy atom. The topological polar surface area (TPSA) is 30.2 Å². The Morgan fingerprint density at radius 3 is 2.35 bits per heavy atom. The molecule has 2 aromatic heterocycles. The number of halogens is 1. The van der Waals surface area contributed by atoms with Gasteiger partial charge in [0.2, 0.25) is 5.95 Å². The summed E-state index contributed by atoms with van der Waals surface area (Å²) in [6.45, 7) is 6.54. The summed E-state index contributed by atoms with van der Waals surface area (Å²) in [4.78, 5) is 4.45. The fraction of sp³-hybridized carbons (Fsp3) is 0.250. The van der Waals surface area contributed by atoms with Crippen LogP contribution >= 0.6 is 0 Å². The quantitative estimate of drug-likeness (QED) is 0.672. The third-order valence-electron chi connectivity index (χ3n) is 3.33. The van der Waals surface area contributed by atoms with Crippen molar-refractivity contribution >= 4 is 5.65 Å². The van der Waals surface area contributed by atoms with E-state index in [2.05, 4.69) is 43.0 Å². The van der Waals surface area contributed by atoms with Gasteiger partial charge in [0, 0.05) is 5.56 Å². The van der Waals surface area contributed by atoms with E-state index in [0.29, 0.717) is 5.65 Å². The summed E-state index contributed by atoms with van der Waals surface area (Å²) in [6, 6.07) is 11.2. The van der Waals surface area contributed by atoms with Crippen molar-refractivity contribution in [2.24, 2.45) is 0 Å². The molecule has 0 N–H and O–H groups in total. The number of fused-ring (bicyclic) bond motifs is 1. The maximum atomic E-state index is 13.1. The van der Waals surface area contributed by atoms with E-state index in [-0.39, 0.29) is 5.41 Å². The first-order valence-electron chi connectivity index (χ1n) is 6.56. The van der Waals surface area contributed by atoms with Crippen LogP contribution in [-0.4, -0.2) is 14.6 Å². The van der Waals surface area contributed by atoms with Crippen molar-refractivity contribution in [2.75, 3.05) is 0 Å². The molecule has 0 unspecified atom stereocenters. The normalized spacial score (nSPS) is 12.0. The molecule has 0 atom stereocenters. The second-order valence-corrected chi connectivity index (χ2v) is 5.91. The van der Waals surface area contributed by atoms with E-state index in [1.165, 1.54) is 16.1 Å². The molecule has 3 nitrogen and oxygen atoms in total. The van der Waals surface area contributed by atoms with Crippen LogP contribution in [0.15, 0.2) is 42.6 Å². The van der Waals surface area contributed by atoms with Gasteiger partial charge in [-0.2, -0.15) is 4.39 Å². The maximum Gasteiger partial charge on any atom is 0.231 e. The lowest BCUT2D eigenvalue weighted by Gasteiger charge is -2.18. The predicted molar refractivity (Wildman–Crippen MR) is 77.1 cm³/mol. The summed E-state index contributed by atoms with van der Waals surface area (Å²) in [6.07, 6.45) is 1.74. The highest BCUT2D eigenvalue weighted by Gasteiger charge is 2.13. The number of hydrogen-bond acceptors (Lipinski definition) is 2. The molecule has 0 fully saturated rings. The average molecular weight is 269 g/mol. The molecule has 0 aliphatic rings. The first kappa shape index (κ1) is 12.8. The standard InChI is InChI=1S/C16H16FN3/c1-16(2,3)12-6-4-11(5-7-12)13-10-20-15(18-13)9-8-14(17)19-20/h4-10H,1-3H3. The van der Waals surface area contributed by atoms with Crippen LogP contribution in [0, 0.1) is 5.95 Å². The second kappa shape index (κ2) is 4.40. The third-order valence-corrected chi connectivity index (χ3v) is 3.33. The average Bonchev–Trinajstić information content (AvgIpc) is 2.80. The zero-order chi connectivity index (χ0) is 14.3. The van der Waals surface area contributed by atoms with Crippen molar-refractivity contribution in [3.63, 3.8) is 0 Å². The highest BCUT2D eigenvalue weighted by molar-refractivity contribution is 5.62. The summed E-state index contributed by atoms with van der Waals surface area (Å²) < 4.78 is 14.5. The molecule has 0 radical (unpaired) electrons. The Kier molecular flexibility index (Phi) is 2.82. The highest BCUT2D eigenvalue weighted by atomic mass is 19.1. The number of aromatic nitrogens is 3. The molecule has 20 heavy (non-hydrogen) atoms. The molecule has 0 saturated heterocycles. The van der Waals surface area contributed by atoms with Crippen molar-refractivity contribution in [2.45, 2.75) is 26.2 Å². The molecule has 0 amide bonds. The fourth-order valence-corrected chi connectivity index (χ4v) is 2.14. The molecule has 0 aliphatic heterocycles. The lowest BCUT2D eigenvalue weighted by molar-refractivity contribution is 0.555. The van der Waals surface area contributed by atoms with Gasteiger partial charge in [0.05, 0.1) is 11.9 Å². The monoisotopic (exact) mass is 269 g/mol. The minimum absolute atomic E-state index is 0.127. The number of rotatable bonds is 1. The molecule has 0 saturated carbocycles. The van der Waals surface area contributed by atoms with Gasteiger partial charge in [-0.1, -0.05) is 45.0 Å². The van der Waals surface area contributed by atoms with Gasteiger partial charge in [-0.25, -0.2) is 9.50 Å². The molecule has 0 bridgehead atoms. The first-order valence-corrected chi connectivity index (χ1v) is 6.56. The fourth-order valence-electron chi connectivity index (χ4n) is 2.14. The Morgan fingerprint density at radius 2 is 1.70 bits per heavy atom. The van der Waals surface area contributed by atoms with Gasteiger partial charge in [-0.05, 0) is 23.1 Å². The Labute approximate surface area is 117 Å². The second-order valence-electron chi connectivity index (χ2n) is 5.91. The number of nitrogens with zero attached hydrogens (tertiary/aromatic N) is 3. The number of imidazole rings is 1. The van der Waals surface area contributed by atoms with Crippen molar-refractivity contribution < 1.29 is 4.39 Å². The summed E-state index contributed by atoms with van der Waals surface area (Å²) >= 11 is 0. The number of benzene rings is 1. The van der Waals surface area contributed by atoms with Gasteiger partial charge in [0.15, 0.2) is 5.65 Å². The number of hydrogen-bond donors (Lipinski definition) is 0. The molecule has 4 heteroatoms. The summed E-state index contributed by atoms with van der Waals surface area (Å²) in [5, 5.41) is 3.77. The summed E-state index contributed by atoms with van der Waals surface area (Å²) in [5.74, 6) is -0.510. The molecule has 102 valence electrons. The minimum atomic E-state index is -0.510. The van der Waals surface area contributed by atoms with Crippen molar-refractivity contribution in [3.05, 3.63) is 54.1 Å². The maximum absolute atomic E-state index is 13.1. The predicted octanol–water partition coefficient (Wildman–Crippen LogP) is 3.83. The van der Waals surface area contributed by atoms with E-state index in [1.54, 1.807) is 12.3 Å². The van der Waals surface area contributed by atoms with Crippen LogP contribution in [-0.2, 0) is 5.41 Å². The van der Waals surface area contributed by atoms with Crippen LogP contribution in [0.5, 0.6) is 0 Å². The molecule has 0 spiro atoms. The van der Waals surface area contributed by atoms with Gasteiger partial charge >= 0.3 is 0 Å². The largest absolute Gasteiger partial charge is 0.231 e. The molecular formula is C16H16FN3. The highest BCUT2D eigenvalue weighted by Crippen LogP contribution is 2.25. The lowest BCUT2D eigenvalue weighted by atomic mass is 9.86. The van der Waals surface area contributed by atoms with Crippen molar-refractivity contribution in [3.8, 4) is 11.3 Å². The van der Waals surface area contributed by atoms with E-state index in [0.717, 1.165) is 11.3 Å². The van der Waals surface area contributed by atoms with E-state index in [1.807, 2.05) is 12.1 Å². The van der Waals surface area contributed by atoms with E-state index < -0.39 is 5.95 Å². The van der Waals surface area contributed by atoms with Crippen LogP contribution in [0.1, 0.15) is 26.3 Å². The van der Waals surface area contributed by atoms with Crippen molar-refractivity contribution in [1.29, 1.82) is 0 Å². The van der Waals surface area contributed by atoms with Crippen LogP contribution in [0.2, 0.25) is 0 Å². The van der Waals surface area contributed by atoms with Crippen LogP contribution in [0.25, 0.3) is 16.9 Å². The zero-order valence-electron chi connectivity index (χ0n) is 11.8. The van der Waals surface area contributed by atoms with E-state index in [9.17, 15) is 4.39 Å². The van der Waals surface area contributed by atoms with Crippen LogP contribution in [0.3, 0.4) is 0 Å². The Hall–Kier alpha value is -2.23. The Bertz CT molecular complexity index is 751. The van der Waals surface area contributed by atoms with Crippen LogP contribution in [0.4, 0.5) is 4.39 Å². The lowest BCUT2D eigenvalue weighted by Crippen LogP contribution is -2.10. The summed E-state index contributed by atoms with van der Waals surface area (Å²) in [5.41, 5.74) is 3.84. The third kappa shape index (κ3) is 2.29. The Balaban J connectivity index is 2.02. The van der Waals surface area contributed by atoms with Gasteiger partial charge in [-0.3, -0.25) is 0 Å². The van der Waals surface area contributed by atoms with Crippen molar-refractivity contribution in [1.82, 2.24) is 14.6 Å². The molecule has 0 aliphatic carbocycles. The minimum Gasteiger partial charge on any atom is -0.227 e. The van der Waals surface area contributed by atoms with Crippen LogP contribution < -0.4 is 0 Å². The van der Waals surface area contributed by atoms with Gasteiger partial charge in [0.25, 0.3) is 0 Å². The molecule has 1 aromatic carbocycles. The zero-order valence-corrected chi connectivity index (χ0v) is 11.8. The molecule has 2 heterocycles. The van der Waals surface area contributed by atoms with E-state index >= 15 is 0 Å².